The van der Waals surface area contributed by atoms with Crippen LogP contribution in [-0.2, 0) is 0 Å². The number of likely N-dealkylation sites (tertiary alicyclic amines) is 1. The van der Waals surface area contributed by atoms with Crippen LogP contribution in [-0.4, -0.2) is 36.5 Å². The van der Waals surface area contributed by atoms with Crippen molar-refractivity contribution in [1.29, 1.82) is 0 Å². The van der Waals surface area contributed by atoms with Gasteiger partial charge in [-0.05, 0) is 51.3 Å². The van der Waals surface area contributed by atoms with Crippen molar-refractivity contribution in [2.75, 3.05) is 25.0 Å². The fourth-order valence-electron chi connectivity index (χ4n) is 2.80. The summed E-state index contributed by atoms with van der Waals surface area (Å²) in [6, 6.07) is 8.62. The van der Waals surface area contributed by atoms with E-state index in [1.165, 1.54) is 31.5 Å². The van der Waals surface area contributed by atoms with E-state index in [2.05, 4.69) is 48.1 Å². The average molecular weight is 416 g/mol. The van der Waals surface area contributed by atoms with Gasteiger partial charge in [-0.25, -0.2) is 0 Å². The van der Waals surface area contributed by atoms with Crippen molar-refractivity contribution in [3.05, 3.63) is 29.8 Å². The van der Waals surface area contributed by atoms with Crippen molar-refractivity contribution in [3.63, 3.8) is 0 Å². The number of nitrogens with one attached hydrogen (secondary N) is 1. The third-order valence-electron chi connectivity index (χ3n) is 4.16. The van der Waals surface area contributed by atoms with E-state index >= 15 is 0 Å². The summed E-state index contributed by atoms with van der Waals surface area (Å²) in [5.74, 6) is 1.30. The standard InChI is InChI=1S/C17H28N4.HI/c1-13-6-8-16(9-7-13)20-17(18)19-11-15(3)21-10-4-5-14(2)12-21;/h6-9,14-15H,4-5,10-12H2,1-3H3,(H3,18,19,20);1H. The number of piperidine rings is 1. The van der Waals surface area contributed by atoms with Crippen LogP contribution >= 0.6 is 24.0 Å². The van der Waals surface area contributed by atoms with Gasteiger partial charge in [0.15, 0.2) is 5.96 Å². The maximum Gasteiger partial charge on any atom is 0.193 e. The molecule has 0 saturated carbocycles. The Morgan fingerprint density at radius 1 is 1.41 bits per heavy atom. The molecule has 2 rings (SSSR count). The van der Waals surface area contributed by atoms with Crippen molar-refractivity contribution < 1.29 is 0 Å². The molecule has 2 unspecified atom stereocenters. The molecule has 0 radical (unpaired) electrons. The SMILES string of the molecule is Cc1ccc(NC(N)=NCC(C)N2CCCC(C)C2)cc1.I. The molecule has 2 atom stereocenters. The van der Waals surface area contributed by atoms with Gasteiger partial charge in [-0.3, -0.25) is 9.89 Å². The lowest BCUT2D eigenvalue weighted by atomic mass is 9.99. The molecule has 3 N–H and O–H groups in total. The second-order valence-corrected chi connectivity index (χ2v) is 6.31. The predicted molar refractivity (Wildman–Crippen MR) is 106 cm³/mol. The maximum atomic E-state index is 5.97. The van der Waals surface area contributed by atoms with E-state index in [0.717, 1.165) is 18.2 Å². The van der Waals surface area contributed by atoms with E-state index in [0.29, 0.717) is 12.0 Å². The molecule has 1 aromatic rings. The normalized spacial score (nSPS) is 21.0. The molecule has 1 aliphatic heterocycles. The topological polar surface area (TPSA) is 53.6 Å². The highest BCUT2D eigenvalue weighted by Crippen LogP contribution is 2.17. The molecule has 0 aliphatic carbocycles. The van der Waals surface area contributed by atoms with E-state index < -0.39 is 0 Å². The highest BCUT2D eigenvalue weighted by Gasteiger charge is 2.20. The summed E-state index contributed by atoms with van der Waals surface area (Å²) in [5, 5.41) is 3.15. The zero-order valence-electron chi connectivity index (χ0n) is 13.9. The Bertz CT molecular complexity index is 472. The molecule has 0 amide bonds. The first-order valence-corrected chi connectivity index (χ1v) is 7.92. The molecular weight excluding hydrogens is 387 g/mol. The van der Waals surface area contributed by atoms with Crippen LogP contribution in [0.15, 0.2) is 29.3 Å². The largest absolute Gasteiger partial charge is 0.370 e. The van der Waals surface area contributed by atoms with Crippen LogP contribution in [0.4, 0.5) is 5.69 Å². The molecule has 4 nitrogen and oxygen atoms in total. The number of rotatable bonds is 4. The molecule has 124 valence electrons. The van der Waals surface area contributed by atoms with Gasteiger partial charge in [-0.2, -0.15) is 0 Å². The highest BCUT2D eigenvalue weighted by molar-refractivity contribution is 14.0. The number of hydrogen-bond acceptors (Lipinski definition) is 2. The van der Waals surface area contributed by atoms with Crippen molar-refractivity contribution in [2.24, 2.45) is 16.6 Å². The Labute approximate surface area is 151 Å². The summed E-state index contributed by atoms with van der Waals surface area (Å²) in [6.45, 7) is 9.75. The number of halogens is 1. The molecule has 1 heterocycles. The average Bonchev–Trinajstić information content (AvgIpc) is 2.47. The summed E-state index contributed by atoms with van der Waals surface area (Å²) in [4.78, 5) is 7.01. The van der Waals surface area contributed by atoms with Crippen LogP contribution in [0, 0.1) is 12.8 Å². The van der Waals surface area contributed by atoms with E-state index in [9.17, 15) is 0 Å². The van der Waals surface area contributed by atoms with Crippen LogP contribution in [0.3, 0.4) is 0 Å². The van der Waals surface area contributed by atoms with E-state index in [-0.39, 0.29) is 24.0 Å². The van der Waals surface area contributed by atoms with E-state index in [1.807, 2.05) is 12.1 Å². The first-order chi connectivity index (χ1) is 10.0. The Kier molecular flexibility index (Phi) is 8.17. The van der Waals surface area contributed by atoms with Gasteiger partial charge < -0.3 is 11.1 Å². The van der Waals surface area contributed by atoms with E-state index in [4.69, 9.17) is 5.73 Å². The highest BCUT2D eigenvalue weighted by atomic mass is 127. The summed E-state index contributed by atoms with van der Waals surface area (Å²) < 4.78 is 0. The van der Waals surface area contributed by atoms with Gasteiger partial charge in [-0.1, -0.05) is 24.6 Å². The van der Waals surface area contributed by atoms with E-state index in [1.54, 1.807) is 0 Å². The maximum absolute atomic E-state index is 5.97. The Morgan fingerprint density at radius 3 is 2.73 bits per heavy atom. The third-order valence-corrected chi connectivity index (χ3v) is 4.16. The molecule has 0 aromatic heterocycles. The second kappa shape index (κ2) is 9.35. The number of nitrogens with zero attached hydrogens (tertiary/aromatic N) is 2. The van der Waals surface area contributed by atoms with Gasteiger partial charge in [0.1, 0.15) is 0 Å². The molecular formula is C17H29IN4. The predicted octanol–water partition coefficient (Wildman–Crippen LogP) is 3.46. The number of aryl methyl sites for hydroxylation is 1. The van der Waals surface area contributed by atoms with Gasteiger partial charge in [0.25, 0.3) is 0 Å². The first-order valence-electron chi connectivity index (χ1n) is 7.92. The van der Waals surface area contributed by atoms with Crippen LogP contribution in [0.25, 0.3) is 0 Å². The van der Waals surface area contributed by atoms with Crippen LogP contribution in [0.2, 0.25) is 0 Å². The van der Waals surface area contributed by atoms with Crippen LogP contribution < -0.4 is 11.1 Å². The minimum Gasteiger partial charge on any atom is -0.370 e. The molecule has 0 spiro atoms. The summed E-state index contributed by atoms with van der Waals surface area (Å²) in [7, 11) is 0. The minimum atomic E-state index is 0. The zero-order chi connectivity index (χ0) is 15.2. The fraction of sp³-hybridized carbons (Fsp3) is 0.588. The quantitative estimate of drug-likeness (QED) is 0.449. The Balaban J connectivity index is 0.00000242. The summed E-state index contributed by atoms with van der Waals surface area (Å²) in [5.41, 5.74) is 8.20. The van der Waals surface area contributed by atoms with Crippen molar-refractivity contribution in [3.8, 4) is 0 Å². The van der Waals surface area contributed by atoms with Gasteiger partial charge in [0.2, 0.25) is 0 Å². The monoisotopic (exact) mass is 416 g/mol. The van der Waals surface area contributed by atoms with Crippen molar-refractivity contribution >= 4 is 35.6 Å². The fourth-order valence-corrected chi connectivity index (χ4v) is 2.80. The zero-order valence-corrected chi connectivity index (χ0v) is 16.2. The summed E-state index contributed by atoms with van der Waals surface area (Å²) in [6.07, 6.45) is 2.65. The molecule has 0 bridgehead atoms. The number of aliphatic imine (C=N–C) groups is 1. The van der Waals surface area contributed by atoms with Gasteiger partial charge in [0.05, 0.1) is 6.54 Å². The number of hydrogen-bond donors (Lipinski definition) is 2. The minimum absolute atomic E-state index is 0. The molecule has 1 aliphatic rings. The Morgan fingerprint density at radius 2 is 2.09 bits per heavy atom. The number of anilines is 1. The lowest BCUT2D eigenvalue weighted by molar-refractivity contribution is 0.142. The first kappa shape index (κ1) is 19.2. The van der Waals surface area contributed by atoms with Gasteiger partial charge in [0, 0.05) is 18.3 Å². The number of benzene rings is 1. The molecule has 5 heteroatoms. The van der Waals surface area contributed by atoms with Crippen molar-refractivity contribution in [2.45, 2.75) is 39.7 Å². The smallest absolute Gasteiger partial charge is 0.193 e. The van der Waals surface area contributed by atoms with Gasteiger partial charge >= 0.3 is 0 Å². The lowest BCUT2D eigenvalue weighted by Crippen LogP contribution is -2.42. The van der Waals surface area contributed by atoms with Crippen LogP contribution in [0.5, 0.6) is 0 Å². The third kappa shape index (κ3) is 6.12. The van der Waals surface area contributed by atoms with Crippen molar-refractivity contribution in [1.82, 2.24) is 4.90 Å². The Hall–Kier alpha value is -0.820. The second-order valence-electron chi connectivity index (χ2n) is 6.31. The molecule has 22 heavy (non-hydrogen) atoms. The number of guanidine groups is 1. The molecule has 1 aromatic carbocycles. The lowest BCUT2D eigenvalue weighted by Gasteiger charge is -2.34. The summed E-state index contributed by atoms with van der Waals surface area (Å²) >= 11 is 0. The number of nitrogens with two attached hydrogens (primary N) is 1. The molecule has 1 fully saturated rings. The van der Waals surface area contributed by atoms with Gasteiger partial charge in [-0.15, -0.1) is 24.0 Å². The molecule has 1 saturated heterocycles. The van der Waals surface area contributed by atoms with Crippen LogP contribution in [0.1, 0.15) is 32.3 Å².